The Morgan fingerprint density at radius 2 is 2.44 bits per heavy atom. The number of nitrogens with zero attached hydrogens (tertiary/aromatic N) is 3. The number of carbonyl (C=O) groups is 1. The number of likely N-dealkylation sites (tertiary alicyclic amines) is 1. The van der Waals surface area contributed by atoms with Gasteiger partial charge in [0, 0.05) is 26.3 Å². The van der Waals surface area contributed by atoms with Crippen LogP contribution in [-0.4, -0.2) is 39.1 Å². The van der Waals surface area contributed by atoms with E-state index in [0.29, 0.717) is 6.54 Å². The highest BCUT2D eigenvalue weighted by atomic mass is 35.5. The predicted molar refractivity (Wildman–Crippen MR) is 62.7 cm³/mol. The molecule has 5 heteroatoms. The molecule has 0 aromatic carbocycles. The van der Waals surface area contributed by atoms with E-state index in [2.05, 4.69) is 5.10 Å². The van der Waals surface area contributed by atoms with E-state index in [0.717, 1.165) is 30.6 Å². The van der Waals surface area contributed by atoms with Crippen molar-refractivity contribution < 1.29 is 4.79 Å². The Morgan fingerprint density at radius 1 is 1.69 bits per heavy atom. The Morgan fingerprint density at radius 3 is 3.00 bits per heavy atom. The van der Waals surface area contributed by atoms with Crippen LogP contribution in [-0.2, 0) is 13.5 Å². The Bertz CT molecular complexity index is 402. The molecule has 2 rings (SSSR count). The molecule has 0 spiro atoms. The fourth-order valence-electron chi connectivity index (χ4n) is 2.05. The number of hydrogen-bond donors (Lipinski definition) is 0. The van der Waals surface area contributed by atoms with E-state index in [1.165, 1.54) is 0 Å². The lowest BCUT2D eigenvalue weighted by molar-refractivity contribution is 0.0792. The summed E-state index contributed by atoms with van der Waals surface area (Å²) in [6.45, 7) is 3.41. The van der Waals surface area contributed by atoms with Crippen molar-refractivity contribution in [1.29, 1.82) is 0 Å². The molecule has 1 fully saturated rings. The molecule has 88 valence electrons. The number of rotatable bonds is 2. The topological polar surface area (TPSA) is 38.1 Å². The van der Waals surface area contributed by atoms with E-state index in [9.17, 15) is 4.79 Å². The van der Waals surface area contributed by atoms with Crippen LogP contribution in [0.1, 0.15) is 29.4 Å². The van der Waals surface area contributed by atoms with Gasteiger partial charge in [-0.3, -0.25) is 9.48 Å². The van der Waals surface area contributed by atoms with Gasteiger partial charge < -0.3 is 4.90 Å². The zero-order valence-corrected chi connectivity index (χ0v) is 10.4. The van der Waals surface area contributed by atoms with Crippen LogP contribution in [0.15, 0.2) is 6.20 Å². The second-order valence-corrected chi connectivity index (χ2v) is 4.77. The van der Waals surface area contributed by atoms with Crippen molar-refractivity contribution in [3.63, 3.8) is 0 Å². The van der Waals surface area contributed by atoms with E-state index in [1.54, 1.807) is 10.9 Å². The summed E-state index contributed by atoms with van der Waals surface area (Å²) >= 11 is 6.00. The van der Waals surface area contributed by atoms with Gasteiger partial charge in [-0.2, -0.15) is 5.10 Å². The summed E-state index contributed by atoms with van der Waals surface area (Å²) in [5, 5.41) is 4.38. The Kier molecular flexibility index (Phi) is 3.19. The molecule has 0 aliphatic carbocycles. The standard InChI is InChI=1S/C11H16ClN3O/c1-3-10-9(7-14(2)13-10)11(16)15-5-4-8(12)6-15/h7-8H,3-6H2,1-2H3. The molecule has 0 saturated carbocycles. The van der Waals surface area contributed by atoms with Crippen molar-refractivity contribution in [2.45, 2.75) is 25.1 Å². The van der Waals surface area contributed by atoms with Crippen LogP contribution in [0, 0.1) is 0 Å². The lowest BCUT2D eigenvalue weighted by Crippen LogP contribution is -2.29. The molecule has 1 atom stereocenters. The normalized spacial score (nSPS) is 20.4. The predicted octanol–water partition coefficient (Wildman–Crippen LogP) is 1.44. The number of alkyl halides is 1. The molecule has 1 unspecified atom stereocenters. The molecule has 4 nitrogen and oxygen atoms in total. The molecular weight excluding hydrogens is 226 g/mol. The van der Waals surface area contributed by atoms with Gasteiger partial charge >= 0.3 is 0 Å². The van der Waals surface area contributed by atoms with Gasteiger partial charge in [0.05, 0.1) is 16.6 Å². The summed E-state index contributed by atoms with van der Waals surface area (Å²) in [6, 6.07) is 0. The summed E-state index contributed by atoms with van der Waals surface area (Å²) in [7, 11) is 1.84. The summed E-state index contributed by atoms with van der Waals surface area (Å²) < 4.78 is 1.69. The van der Waals surface area contributed by atoms with E-state index >= 15 is 0 Å². The average molecular weight is 242 g/mol. The number of aryl methyl sites for hydroxylation is 2. The first-order valence-electron chi connectivity index (χ1n) is 5.57. The lowest BCUT2D eigenvalue weighted by atomic mass is 10.2. The molecule has 16 heavy (non-hydrogen) atoms. The fraction of sp³-hybridized carbons (Fsp3) is 0.636. The highest BCUT2D eigenvalue weighted by molar-refractivity contribution is 6.21. The quantitative estimate of drug-likeness (QED) is 0.735. The average Bonchev–Trinajstić information content (AvgIpc) is 2.83. The minimum Gasteiger partial charge on any atom is -0.337 e. The number of amides is 1. The van der Waals surface area contributed by atoms with E-state index < -0.39 is 0 Å². The van der Waals surface area contributed by atoms with Gasteiger partial charge in [0.1, 0.15) is 0 Å². The van der Waals surface area contributed by atoms with Gasteiger partial charge in [0.15, 0.2) is 0 Å². The third kappa shape index (κ3) is 2.07. The van der Waals surface area contributed by atoms with Gasteiger partial charge in [-0.25, -0.2) is 0 Å². The van der Waals surface area contributed by atoms with Crippen molar-refractivity contribution >= 4 is 17.5 Å². The first-order chi connectivity index (χ1) is 7.61. The molecule has 1 aromatic heterocycles. The van der Waals surface area contributed by atoms with Crippen LogP contribution in [0.4, 0.5) is 0 Å². The van der Waals surface area contributed by atoms with Gasteiger partial charge in [0.25, 0.3) is 5.91 Å². The lowest BCUT2D eigenvalue weighted by Gasteiger charge is -2.14. The highest BCUT2D eigenvalue weighted by Crippen LogP contribution is 2.19. The maximum Gasteiger partial charge on any atom is 0.257 e. The molecule has 0 bridgehead atoms. The van der Waals surface area contributed by atoms with Gasteiger partial charge in [-0.1, -0.05) is 6.92 Å². The van der Waals surface area contributed by atoms with Crippen LogP contribution < -0.4 is 0 Å². The maximum absolute atomic E-state index is 12.2. The Balaban J connectivity index is 2.20. The minimum absolute atomic E-state index is 0.0631. The van der Waals surface area contributed by atoms with Gasteiger partial charge in [-0.15, -0.1) is 11.6 Å². The third-order valence-electron chi connectivity index (χ3n) is 2.89. The molecule has 0 radical (unpaired) electrons. The SMILES string of the molecule is CCc1nn(C)cc1C(=O)N1CCC(Cl)C1. The van der Waals surface area contributed by atoms with Crippen molar-refractivity contribution in [3.05, 3.63) is 17.5 Å². The molecule has 1 aromatic rings. The molecule has 2 heterocycles. The zero-order chi connectivity index (χ0) is 11.7. The van der Waals surface area contributed by atoms with E-state index in [4.69, 9.17) is 11.6 Å². The van der Waals surface area contributed by atoms with Crippen molar-refractivity contribution in [2.75, 3.05) is 13.1 Å². The van der Waals surface area contributed by atoms with Crippen LogP contribution in [0.2, 0.25) is 0 Å². The molecular formula is C11H16ClN3O. The fourth-order valence-corrected chi connectivity index (χ4v) is 2.31. The monoisotopic (exact) mass is 241 g/mol. The van der Waals surface area contributed by atoms with Crippen molar-refractivity contribution in [3.8, 4) is 0 Å². The second-order valence-electron chi connectivity index (χ2n) is 4.15. The number of carbonyl (C=O) groups excluding carboxylic acids is 1. The zero-order valence-electron chi connectivity index (χ0n) is 9.61. The molecule has 1 aliphatic heterocycles. The van der Waals surface area contributed by atoms with Crippen molar-refractivity contribution in [1.82, 2.24) is 14.7 Å². The Hall–Kier alpha value is -1.03. The third-order valence-corrected chi connectivity index (χ3v) is 3.24. The molecule has 1 aliphatic rings. The molecule has 1 amide bonds. The first-order valence-corrected chi connectivity index (χ1v) is 6.01. The van der Waals surface area contributed by atoms with Crippen LogP contribution >= 0.6 is 11.6 Å². The highest BCUT2D eigenvalue weighted by Gasteiger charge is 2.27. The van der Waals surface area contributed by atoms with Crippen LogP contribution in [0.25, 0.3) is 0 Å². The summed E-state index contributed by atoms with van der Waals surface area (Å²) in [6.07, 6.45) is 3.46. The molecule has 0 N–H and O–H groups in total. The summed E-state index contributed by atoms with van der Waals surface area (Å²) in [5.41, 5.74) is 1.58. The minimum atomic E-state index is 0.0631. The first kappa shape index (κ1) is 11.5. The summed E-state index contributed by atoms with van der Waals surface area (Å²) in [4.78, 5) is 14.0. The smallest absolute Gasteiger partial charge is 0.257 e. The van der Waals surface area contributed by atoms with E-state index in [1.807, 2.05) is 18.9 Å². The van der Waals surface area contributed by atoms with Gasteiger partial charge in [-0.05, 0) is 12.8 Å². The van der Waals surface area contributed by atoms with Crippen LogP contribution in [0.3, 0.4) is 0 Å². The maximum atomic E-state index is 12.2. The second kappa shape index (κ2) is 4.45. The van der Waals surface area contributed by atoms with E-state index in [-0.39, 0.29) is 11.3 Å². The molecule has 1 saturated heterocycles. The number of aromatic nitrogens is 2. The van der Waals surface area contributed by atoms with Gasteiger partial charge in [0.2, 0.25) is 0 Å². The van der Waals surface area contributed by atoms with Crippen molar-refractivity contribution in [2.24, 2.45) is 7.05 Å². The number of halogens is 1. The largest absolute Gasteiger partial charge is 0.337 e. The number of hydrogen-bond acceptors (Lipinski definition) is 2. The van der Waals surface area contributed by atoms with Crippen LogP contribution in [0.5, 0.6) is 0 Å². The summed E-state index contributed by atoms with van der Waals surface area (Å²) in [5.74, 6) is 0.0631. The Labute approximate surface area is 100 Å².